The zero-order valence-electron chi connectivity index (χ0n) is 14.6. The highest BCUT2D eigenvalue weighted by Crippen LogP contribution is 2.41. The number of nitrogen functional groups attached to an aromatic ring is 1. The number of nitrogens with two attached hydrogens (primary N) is 1. The lowest BCUT2D eigenvalue weighted by atomic mass is 9.74. The van der Waals surface area contributed by atoms with E-state index in [9.17, 15) is 4.79 Å². The summed E-state index contributed by atoms with van der Waals surface area (Å²) in [5.74, 6) is 1.11. The van der Waals surface area contributed by atoms with Gasteiger partial charge in [-0.1, -0.05) is 24.3 Å². The van der Waals surface area contributed by atoms with E-state index in [0.717, 1.165) is 32.2 Å². The number of methoxy groups -OCH3 is 1. The Hall–Kier alpha value is -2.49. The molecule has 1 heterocycles. The molecule has 25 heavy (non-hydrogen) atoms. The number of carbonyl (C=O) groups excluding carboxylic acids is 1. The summed E-state index contributed by atoms with van der Waals surface area (Å²) >= 11 is 0. The second-order valence-corrected chi connectivity index (χ2v) is 7.01. The number of fused-ring (bicyclic) bond motifs is 3. The van der Waals surface area contributed by atoms with E-state index in [0.29, 0.717) is 29.0 Å². The van der Waals surface area contributed by atoms with Gasteiger partial charge in [-0.3, -0.25) is 4.79 Å². The Morgan fingerprint density at radius 1 is 1.20 bits per heavy atom. The Morgan fingerprint density at radius 2 is 2.04 bits per heavy atom. The minimum atomic E-state index is 0.0902. The maximum atomic E-state index is 13.2. The van der Waals surface area contributed by atoms with Gasteiger partial charge in [-0.2, -0.15) is 0 Å². The van der Waals surface area contributed by atoms with Crippen LogP contribution in [-0.4, -0.2) is 30.5 Å². The van der Waals surface area contributed by atoms with E-state index in [2.05, 4.69) is 29.2 Å². The van der Waals surface area contributed by atoms with E-state index >= 15 is 0 Å². The molecule has 2 N–H and O–H groups in total. The average Bonchev–Trinajstić information content (AvgIpc) is 2.67. The largest absolute Gasteiger partial charge is 0.495 e. The van der Waals surface area contributed by atoms with Crippen LogP contribution in [0.4, 0.5) is 5.69 Å². The number of amides is 1. The third kappa shape index (κ3) is 2.76. The van der Waals surface area contributed by atoms with Crippen LogP contribution in [0.5, 0.6) is 5.75 Å². The first kappa shape index (κ1) is 16.0. The summed E-state index contributed by atoms with van der Waals surface area (Å²) < 4.78 is 5.28. The van der Waals surface area contributed by atoms with Gasteiger partial charge in [0.25, 0.3) is 5.91 Å². The van der Waals surface area contributed by atoms with E-state index < -0.39 is 0 Å². The van der Waals surface area contributed by atoms with Crippen LogP contribution in [0.15, 0.2) is 42.5 Å². The first-order valence-electron chi connectivity index (χ1n) is 9.01. The van der Waals surface area contributed by atoms with Gasteiger partial charge in [-0.25, -0.2) is 0 Å². The van der Waals surface area contributed by atoms with Crippen LogP contribution in [-0.2, 0) is 6.42 Å². The monoisotopic (exact) mass is 336 g/mol. The fraction of sp³-hybridized carbons (Fsp3) is 0.381. The quantitative estimate of drug-likeness (QED) is 0.852. The van der Waals surface area contributed by atoms with Crippen molar-refractivity contribution >= 4 is 11.6 Å². The van der Waals surface area contributed by atoms with Gasteiger partial charge in [0.1, 0.15) is 5.75 Å². The molecule has 130 valence electrons. The lowest BCUT2D eigenvalue weighted by Gasteiger charge is -2.45. The molecule has 2 aromatic rings. The fourth-order valence-corrected chi connectivity index (χ4v) is 4.47. The van der Waals surface area contributed by atoms with Gasteiger partial charge in [0.2, 0.25) is 0 Å². The molecule has 4 nitrogen and oxygen atoms in total. The van der Waals surface area contributed by atoms with Crippen molar-refractivity contribution < 1.29 is 9.53 Å². The van der Waals surface area contributed by atoms with Gasteiger partial charge in [0.05, 0.1) is 12.8 Å². The number of benzene rings is 2. The molecule has 0 bridgehead atoms. The number of piperidine rings is 1. The van der Waals surface area contributed by atoms with Crippen molar-refractivity contribution in [2.24, 2.45) is 0 Å². The summed E-state index contributed by atoms with van der Waals surface area (Å²) in [4.78, 5) is 15.3. The lowest BCUT2D eigenvalue weighted by molar-refractivity contribution is 0.0546. The molecule has 0 aromatic heterocycles. The minimum Gasteiger partial charge on any atom is -0.495 e. The molecule has 1 amide bonds. The van der Waals surface area contributed by atoms with Crippen molar-refractivity contribution in [2.45, 2.75) is 37.6 Å². The average molecular weight is 336 g/mol. The van der Waals surface area contributed by atoms with Crippen molar-refractivity contribution in [3.05, 3.63) is 59.2 Å². The lowest BCUT2D eigenvalue weighted by Crippen LogP contribution is -2.49. The predicted molar refractivity (Wildman–Crippen MR) is 99.0 cm³/mol. The molecule has 2 aliphatic rings. The van der Waals surface area contributed by atoms with Crippen LogP contribution in [0.2, 0.25) is 0 Å². The number of likely N-dealkylation sites (tertiary alicyclic amines) is 1. The first-order chi connectivity index (χ1) is 12.2. The summed E-state index contributed by atoms with van der Waals surface area (Å²) in [7, 11) is 1.58. The molecule has 1 aliphatic carbocycles. The molecule has 1 unspecified atom stereocenters. The van der Waals surface area contributed by atoms with E-state index in [4.69, 9.17) is 10.5 Å². The third-order valence-corrected chi connectivity index (χ3v) is 5.68. The molecule has 1 fully saturated rings. The Balaban J connectivity index is 1.64. The molecule has 0 radical (unpaired) electrons. The second kappa shape index (κ2) is 6.43. The topological polar surface area (TPSA) is 55.6 Å². The molecular weight excluding hydrogens is 312 g/mol. The van der Waals surface area contributed by atoms with Gasteiger partial charge >= 0.3 is 0 Å². The molecule has 0 saturated carbocycles. The number of anilines is 1. The van der Waals surface area contributed by atoms with E-state index in [-0.39, 0.29) is 5.91 Å². The zero-order chi connectivity index (χ0) is 17.4. The summed E-state index contributed by atoms with van der Waals surface area (Å²) in [5, 5.41) is 0. The number of aryl methyl sites for hydroxylation is 1. The smallest absolute Gasteiger partial charge is 0.254 e. The maximum Gasteiger partial charge on any atom is 0.254 e. The van der Waals surface area contributed by atoms with Crippen LogP contribution >= 0.6 is 0 Å². The SMILES string of the molecule is COc1cc(C(=O)N2CCC[C@@H]3c4ccccc4CCC32)ccc1N. The van der Waals surface area contributed by atoms with Crippen LogP contribution in [0.3, 0.4) is 0 Å². The van der Waals surface area contributed by atoms with Crippen LogP contribution < -0.4 is 10.5 Å². The summed E-state index contributed by atoms with van der Waals surface area (Å²) in [6.45, 7) is 0.828. The highest BCUT2D eigenvalue weighted by atomic mass is 16.5. The zero-order valence-corrected chi connectivity index (χ0v) is 14.6. The standard InChI is InChI=1S/C21H24N2O2/c1-25-20-13-15(8-10-18(20)22)21(24)23-12-4-7-17-16-6-3-2-5-14(16)9-11-19(17)23/h2-3,5-6,8,10,13,17,19H,4,7,9,11-12,22H2,1H3/t17-,19?/m1/s1. The molecule has 2 aromatic carbocycles. The van der Waals surface area contributed by atoms with E-state index in [1.807, 2.05) is 0 Å². The van der Waals surface area contributed by atoms with Crippen LogP contribution in [0.25, 0.3) is 0 Å². The molecule has 1 aliphatic heterocycles. The van der Waals surface area contributed by atoms with Crippen molar-refractivity contribution in [3.8, 4) is 5.75 Å². The maximum absolute atomic E-state index is 13.2. The van der Waals surface area contributed by atoms with Crippen molar-refractivity contribution in [3.63, 3.8) is 0 Å². The molecule has 1 saturated heterocycles. The van der Waals surface area contributed by atoms with Crippen LogP contribution in [0.1, 0.15) is 46.7 Å². The Bertz CT molecular complexity index is 802. The van der Waals surface area contributed by atoms with Crippen LogP contribution in [0, 0.1) is 0 Å². The molecule has 4 rings (SSSR count). The molecule has 0 spiro atoms. The number of ether oxygens (including phenoxy) is 1. The van der Waals surface area contributed by atoms with Gasteiger partial charge < -0.3 is 15.4 Å². The van der Waals surface area contributed by atoms with E-state index in [1.165, 1.54) is 11.1 Å². The van der Waals surface area contributed by atoms with Gasteiger partial charge in [0, 0.05) is 24.1 Å². The third-order valence-electron chi connectivity index (χ3n) is 5.68. The second-order valence-electron chi connectivity index (χ2n) is 7.01. The number of carbonyl (C=O) groups is 1. The normalized spacial score (nSPS) is 22.0. The van der Waals surface area contributed by atoms with Crippen molar-refractivity contribution in [2.75, 3.05) is 19.4 Å². The minimum absolute atomic E-state index is 0.0902. The van der Waals surface area contributed by atoms with Gasteiger partial charge in [-0.15, -0.1) is 0 Å². The highest BCUT2D eigenvalue weighted by Gasteiger charge is 2.38. The Labute approximate surface area is 148 Å². The predicted octanol–water partition coefficient (Wildman–Crippen LogP) is 3.61. The summed E-state index contributed by atoms with van der Waals surface area (Å²) in [5.41, 5.74) is 9.99. The first-order valence-corrected chi connectivity index (χ1v) is 9.01. The van der Waals surface area contributed by atoms with Gasteiger partial charge in [0.15, 0.2) is 0 Å². The molecule has 2 atom stereocenters. The Kier molecular flexibility index (Phi) is 4.12. The fourth-order valence-electron chi connectivity index (χ4n) is 4.47. The summed E-state index contributed by atoms with van der Waals surface area (Å²) in [6.07, 6.45) is 4.30. The number of hydrogen-bond acceptors (Lipinski definition) is 3. The number of hydrogen-bond donors (Lipinski definition) is 1. The van der Waals surface area contributed by atoms with Crippen molar-refractivity contribution in [1.29, 1.82) is 0 Å². The number of nitrogens with zero attached hydrogens (tertiary/aromatic N) is 1. The van der Waals surface area contributed by atoms with E-state index in [1.54, 1.807) is 25.3 Å². The summed E-state index contributed by atoms with van der Waals surface area (Å²) in [6, 6.07) is 14.3. The van der Waals surface area contributed by atoms with Crippen molar-refractivity contribution in [1.82, 2.24) is 4.90 Å². The van der Waals surface area contributed by atoms with Gasteiger partial charge in [-0.05, 0) is 55.0 Å². The highest BCUT2D eigenvalue weighted by molar-refractivity contribution is 5.95. The molecule has 4 heteroatoms. The molecular formula is C21H24N2O2. The number of rotatable bonds is 2. The Morgan fingerprint density at radius 3 is 2.88 bits per heavy atom.